The summed E-state index contributed by atoms with van der Waals surface area (Å²) in [6, 6.07) is 0. The summed E-state index contributed by atoms with van der Waals surface area (Å²) in [5.41, 5.74) is 27.4. The highest BCUT2D eigenvalue weighted by Gasteiger charge is 2.21. The highest BCUT2D eigenvalue weighted by Crippen LogP contribution is 2.14. The van der Waals surface area contributed by atoms with Gasteiger partial charge < -0.3 is 27.7 Å². The predicted octanol–water partition coefficient (Wildman–Crippen LogP) is -2.48. The molecule has 6 nitrogen and oxygen atoms in total. The Morgan fingerprint density at radius 1 is 1.00 bits per heavy atom. The molecule has 1 heterocycles. The molecule has 0 spiro atoms. The van der Waals surface area contributed by atoms with Gasteiger partial charge in [-0.05, 0) is 0 Å². The number of rotatable bonds is 0. The number of nitrogens with two attached hydrogens (primary N) is 5. The summed E-state index contributed by atoms with van der Waals surface area (Å²) >= 11 is 0. The van der Waals surface area contributed by atoms with Gasteiger partial charge in [-0.15, -0.1) is 0 Å². The van der Waals surface area contributed by atoms with Crippen LogP contribution in [0.25, 0.3) is 0 Å². The molecule has 0 amide bonds. The minimum atomic E-state index is -0.790. The van der Waals surface area contributed by atoms with Crippen molar-refractivity contribution in [1.82, 2.24) is 0 Å². The summed E-state index contributed by atoms with van der Waals surface area (Å²) < 4.78 is 4.83. The Balaban J connectivity index is 3.07. The summed E-state index contributed by atoms with van der Waals surface area (Å²) in [5.74, 6) is 0.0178. The molecule has 0 bridgehead atoms. The molecule has 0 radical (unpaired) electrons. The normalized spacial score (nSPS) is 25.4. The molecule has 1 atom stereocenters. The minimum Gasteiger partial charge on any atom is -0.453 e. The zero-order chi connectivity index (χ0) is 8.59. The van der Waals surface area contributed by atoms with Gasteiger partial charge in [0, 0.05) is 0 Å². The van der Waals surface area contributed by atoms with Crippen LogP contribution in [0, 0.1) is 0 Å². The molecule has 0 aromatic rings. The number of ether oxygens (including phenoxy) is 1. The predicted molar refractivity (Wildman–Crippen MR) is 39.9 cm³/mol. The Morgan fingerprint density at radius 3 is 2.09 bits per heavy atom. The Morgan fingerprint density at radius 2 is 1.55 bits per heavy atom. The van der Waals surface area contributed by atoms with E-state index in [9.17, 15) is 0 Å². The summed E-state index contributed by atoms with van der Waals surface area (Å²) in [6.07, 6.45) is -0.790. The summed E-state index contributed by atoms with van der Waals surface area (Å²) in [4.78, 5) is 0. The maximum atomic E-state index is 5.43. The summed E-state index contributed by atoms with van der Waals surface area (Å²) in [5, 5.41) is 0. The van der Waals surface area contributed by atoms with Crippen molar-refractivity contribution in [2.75, 3.05) is 0 Å². The van der Waals surface area contributed by atoms with Crippen molar-refractivity contribution >= 4 is 0 Å². The van der Waals surface area contributed by atoms with Crippen LogP contribution in [0.3, 0.4) is 0 Å². The summed E-state index contributed by atoms with van der Waals surface area (Å²) in [6.45, 7) is 0. The van der Waals surface area contributed by atoms with E-state index in [1.807, 2.05) is 0 Å². The van der Waals surface area contributed by atoms with Crippen LogP contribution in [-0.2, 0) is 4.74 Å². The standard InChI is InChI=1S/C5H11N5O/c6-1-2(7)4(9)11-5(10)3(1)8/h4H,6-10H2. The third kappa shape index (κ3) is 1.03. The van der Waals surface area contributed by atoms with Gasteiger partial charge in [-0.1, -0.05) is 0 Å². The van der Waals surface area contributed by atoms with Crippen molar-refractivity contribution in [2.45, 2.75) is 6.23 Å². The second-order valence-electron chi connectivity index (χ2n) is 2.19. The molecule has 1 rings (SSSR count). The molecule has 0 aromatic carbocycles. The highest BCUT2D eigenvalue weighted by atomic mass is 16.5. The minimum absolute atomic E-state index is 0.0178. The van der Waals surface area contributed by atoms with E-state index < -0.39 is 6.23 Å². The van der Waals surface area contributed by atoms with Crippen LogP contribution in [0.4, 0.5) is 0 Å². The Labute approximate surface area is 63.6 Å². The molecule has 11 heavy (non-hydrogen) atoms. The van der Waals surface area contributed by atoms with Crippen LogP contribution in [0.2, 0.25) is 0 Å². The van der Waals surface area contributed by atoms with Crippen molar-refractivity contribution in [3.8, 4) is 0 Å². The van der Waals surface area contributed by atoms with Gasteiger partial charge in [-0.25, -0.2) is 0 Å². The second kappa shape index (κ2) is 2.24. The number of hydrogen-bond acceptors (Lipinski definition) is 6. The van der Waals surface area contributed by atoms with Gasteiger partial charge in [0.2, 0.25) is 5.88 Å². The van der Waals surface area contributed by atoms with Gasteiger partial charge in [0.15, 0.2) is 6.23 Å². The molecular weight excluding hydrogens is 146 g/mol. The van der Waals surface area contributed by atoms with E-state index in [1.54, 1.807) is 0 Å². The van der Waals surface area contributed by atoms with E-state index in [1.165, 1.54) is 0 Å². The first-order valence-corrected chi connectivity index (χ1v) is 2.97. The van der Waals surface area contributed by atoms with Crippen LogP contribution in [0.5, 0.6) is 0 Å². The number of hydrogen-bond donors (Lipinski definition) is 5. The fourth-order valence-electron chi connectivity index (χ4n) is 0.705. The zero-order valence-electron chi connectivity index (χ0n) is 5.87. The van der Waals surface area contributed by atoms with Gasteiger partial charge in [0.25, 0.3) is 0 Å². The molecule has 0 aliphatic carbocycles. The van der Waals surface area contributed by atoms with Gasteiger partial charge in [0.05, 0.1) is 11.4 Å². The molecule has 0 saturated carbocycles. The van der Waals surface area contributed by atoms with E-state index in [4.69, 9.17) is 33.4 Å². The fraction of sp³-hybridized carbons (Fsp3) is 0.200. The van der Waals surface area contributed by atoms with Crippen molar-refractivity contribution in [2.24, 2.45) is 28.7 Å². The van der Waals surface area contributed by atoms with Gasteiger partial charge in [0.1, 0.15) is 5.70 Å². The quantitative estimate of drug-likeness (QED) is 0.264. The SMILES string of the molecule is NC1=C(N)C(N)=C(N)C(N)O1. The summed E-state index contributed by atoms with van der Waals surface area (Å²) in [7, 11) is 0. The van der Waals surface area contributed by atoms with Crippen molar-refractivity contribution in [3.63, 3.8) is 0 Å². The van der Waals surface area contributed by atoms with E-state index in [0.717, 1.165) is 0 Å². The first-order valence-electron chi connectivity index (χ1n) is 2.97. The molecule has 62 valence electrons. The largest absolute Gasteiger partial charge is 0.453 e. The molecular formula is C5H11N5O. The third-order valence-corrected chi connectivity index (χ3v) is 1.43. The zero-order valence-corrected chi connectivity index (χ0v) is 5.87. The Kier molecular flexibility index (Phi) is 1.54. The maximum absolute atomic E-state index is 5.43. The lowest BCUT2D eigenvalue weighted by molar-refractivity contribution is 0.137. The van der Waals surface area contributed by atoms with Gasteiger partial charge in [-0.2, -0.15) is 0 Å². The molecule has 10 N–H and O–H groups in total. The van der Waals surface area contributed by atoms with Crippen molar-refractivity contribution in [3.05, 3.63) is 23.0 Å². The van der Waals surface area contributed by atoms with E-state index in [2.05, 4.69) is 0 Å². The third-order valence-electron chi connectivity index (χ3n) is 1.43. The molecule has 1 unspecified atom stereocenters. The van der Waals surface area contributed by atoms with Gasteiger partial charge >= 0.3 is 0 Å². The maximum Gasteiger partial charge on any atom is 0.212 e. The molecule has 1 aliphatic heterocycles. The molecule has 1 aliphatic rings. The highest BCUT2D eigenvalue weighted by molar-refractivity contribution is 5.34. The monoisotopic (exact) mass is 157 g/mol. The second-order valence-corrected chi connectivity index (χ2v) is 2.19. The average Bonchev–Trinajstić information content (AvgIpc) is 1.97. The average molecular weight is 157 g/mol. The van der Waals surface area contributed by atoms with Crippen LogP contribution < -0.4 is 28.7 Å². The lowest BCUT2D eigenvalue weighted by Gasteiger charge is -2.23. The van der Waals surface area contributed by atoms with Gasteiger partial charge in [-0.3, -0.25) is 5.73 Å². The van der Waals surface area contributed by atoms with E-state index in [-0.39, 0.29) is 23.0 Å². The molecule has 0 fully saturated rings. The first-order chi connectivity index (χ1) is 5.04. The van der Waals surface area contributed by atoms with Crippen LogP contribution in [-0.4, -0.2) is 6.23 Å². The van der Waals surface area contributed by atoms with E-state index >= 15 is 0 Å². The van der Waals surface area contributed by atoms with E-state index in [0.29, 0.717) is 0 Å². The van der Waals surface area contributed by atoms with Crippen LogP contribution >= 0.6 is 0 Å². The lowest BCUT2D eigenvalue weighted by atomic mass is 10.2. The van der Waals surface area contributed by atoms with Crippen LogP contribution in [0.1, 0.15) is 0 Å². The Bertz CT molecular complexity index is 243. The molecule has 6 heteroatoms. The Hall–Kier alpha value is -1.56. The topological polar surface area (TPSA) is 139 Å². The fourth-order valence-corrected chi connectivity index (χ4v) is 0.705. The smallest absolute Gasteiger partial charge is 0.212 e. The lowest BCUT2D eigenvalue weighted by Crippen LogP contribution is -2.40. The van der Waals surface area contributed by atoms with Crippen molar-refractivity contribution < 1.29 is 4.74 Å². The van der Waals surface area contributed by atoms with Crippen molar-refractivity contribution in [1.29, 1.82) is 0 Å². The molecule has 0 saturated heterocycles. The first kappa shape index (κ1) is 7.55. The van der Waals surface area contributed by atoms with Crippen LogP contribution in [0.15, 0.2) is 23.0 Å². The molecule has 0 aromatic heterocycles.